The molecule has 1 unspecified atom stereocenters. The number of benzene rings is 1. The third-order valence-electron chi connectivity index (χ3n) is 4.88. The Hall–Kier alpha value is -1.03. The third-order valence-corrected chi connectivity index (χ3v) is 4.88. The third kappa shape index (κ3) is 4.00. The molecule has 1 fully saturated rings. The van der Waals surface area contributed by atoms with Gasteiger partial charge in [-0.05, 0) is 43.4 Å². The lowest BCUT2D eigenvalue weighted by atomic mass is 9.69. The molecule has 1 saturated carbocycles. The molecule has 1 aromatic carbocycles. The molecule has 4 heteroatoms. The van der Waals surface area contributed by atoms with Gasteiger partial charge in [-0.15, -0.1) is 0 Å². The first-order valence-corrected chi connectivity index (χ1v) is 7.68. The Morgan fingerprint density at radius 1 is 1.19 bits per heavy atom. The van der Waals surface area contributed by atoms with Crippen LogP contribution in [0.3, 0.4) is 0 Å². The summed E-state index contributed by atoms with van der Waals surface area (Å²) in [5.41, 5.74) is 0.390. The van der Waals surface area contributed by atoms with Gasteiger partial charge < -0.3 is 5.32 Å². The minimum atomic E-state index is -4.26. The molecule has 2 rings (SSSR count). The van der Waals surface area contributed by atoms with Crippen molar-refractivity contribution >= 4 is 0 Å². The number of hydrogen-bond acceptors (Lipinski definition) is 1. The topological polar surface area (TPSA) is 12.0 Å². The molecule has 1 aliphatic rings. The van der Waals surface area contributed by atoms with E-state index in [9.17, 15) is 13.2 Å². The van der Waals surface area contributed by atoms with Gasteiger partial charge in [0.25, 0.3) is 0 Å². The van der Waals surface area contributed by atoms with E-state index < -0.39 is 11.7 Å². The van der Waals surface area contributed by atoms with E-state index in [1.165, 1.54) is 31.4 Å². The van der Waals surface area contributed by atoms with Crippen LogP contribution in [-0.4, -0.2) is 13.1 Å². The molecule has 0 aliphatic heterocycles. The molecule has 0 radical (unpaired) electrons. The van der Waals surface area contributed by atoms with Crippen LogP contribution in [0.2, 0.25) is 0 Å². The summed E-state index contributed by atoms with van der Waals surface area (Å²) in [7, 11) is 1.91. The van der Waals surface area contributed by atoms with Gasteiger partial charge in [0.05, 0.1) is 5.56 Å². The minimum absolute atomic E-state index is 0.182. The van der Waals surface area contributed by atoms with E-state index in [0.29, 0.717) is 6.42 Å². The van der Waals surface area contributed by atoms with Crippen molar-refractivity contribution in [1.82, 2.24) is 5.32 Å². The van der Waals surface area contributed by atoms with Crippen molar-refractivity contribution in [2.24, 2.45) is 5.41 Å². The molecule has 0 amide bonds. The zero-order valence-electron chi connectivity index (χ0n) is 12.8. The fourth-order valence-electron chi connectivity index (χ4n) is 3.52. The quantitative estimate of drug-likeness (QED) is 0.841. The number of rotatable bonds is 4. The first-order valence-electron chi connectivity index (χ1n) is 7.68. The summed E-state index contributed by atoms with van der Waals surface area (Å²) in [5, 5.41) is 3.34. The maximum Gasteiger partial charge on any atom is 0.416 e. The second-order valence-electron chi connectivity index (χ2n) is 6.46. The predicted octanol–water partition coefficient (Wildman–Crippen LogP) is 4.81. The fraction of sp³-hybridized carbons (Fsp3) is 0.647. The summed E-state index contributed by atoms with van der Waals surface area (Å²) >= 11 is 0. The Morgan fingerprint density at radius 2 is 1.86 bits per heavy atom. The Balaban J connectivity index is 2.15. The van der Waals surface area contributed by atoms with Crippen LogP contribution in [0.25, 0.3) is 0 Å². The summed E-state index contributed by atoms with van der Waals surface area (Å²) in [6, 6.07) is 5.96. The van der Waals surface area contributed by atoms with E-state index in [-0.39, 0.29) is 11.5 Å². The van der Waals surface area contributed by atoms with E-state index >= 15 is 0 Å². The Kier molecular flexibility index (Phi) is 4.97. The first kappa shape index (κ1) is 16.3. The highest BCUT2D eigenvalue weighted by Gasteiger charge is 2.35. The van der Waals surface area contributed by atoms with Crippen LogP contribution in [0.1, 0.15) is 50.2 Å². The number of nitrogens with one attached hydrogen (secondary N) is 1. The van der Waals surface area contributed by atoms with Crippen molar-refractivity contribution in [2.75, 3.05) is 7.05 Å². The zero-order valence-corrected chi connectivity index (χ0v) is 12.8. The minimum Gasteiger partial charge on any atom is -0.316 e. The van der Waals surface area contributed by atoms with E-state index in [2.05, 4.69) is 12.2 Å². The lowest BCUT2D eigenvalue weighted by Gasteiger charge is -2.41. The molecule has 1 N–H and O–H groups in total. The Labute approximate surface area is 124 Å². The lowest BCUT2D eigenvalue weighted by Crippen LogP contribution is -2.44. The maximum absolute atomic E-state index is 12.8. The van der Waals surface area contributed by atoms with Gasteiger partial charge in [-0.1, -0.05) is 44.4 Å². The Bertz CT molecular complexity index is 461. The van der Waals surface area contributed by atoms with Gasteiger partial charge >= 0.3 is 6.18 Å². The average Bonchev–Trinajstić information content (AvgIpc) is 2.45. The molecule has 1 nitrogen and oxygen atoms in total. The summed E-state index contributed by atoms with van der Waals surface area (Å²) in [4.78, 5) is 0. The molecule has 0 aromatic heterocycles. The van der Waals surface area contributed by atoms with Gasteiger partial charge in [0.2, 0.25) is 0 Å². The first-order chi connectivity index (χ1) is 9.85. The summed E-state index contributed by atoms with van der Waals surface area (Å²) < 4.78 is 38.4. The van der Waals surface area contributed by atoms with Gasteiger partial charge in [-0.25, -0.2) is 0 Å². The molecule has 21 heavy (non-hydrogen) atoms. The van der Waals surface area contributed by atoms with Crippen molar-refractivity contribution in [3.05, 3.63) is 35.4 Å². The molecule has 118 valence electrons. The van der Waals surface area contributed by atoms with E-state index in [1.54, 1.807) is 6.07 Å². The number of alkyl halides is 3. The lowest BCUT2D eigenvalue weighted by molar-refractivity contribution is -0.137. The van der Waals surface area contributed by atoms with Crippen LogP contribution < -0.4 is 5.32 Å². The molecule has 1 aromatic rings. The van der Waals surface area contributed by atoms with Gasteiger partial charge in [0.15, 0.2) is 0 Å². The summed E-state index contributed by atoms with van der Waals surface area (Å²) in [6.07, 6.45) is 2.40. The fourth-order valence-corrected chi connectivity index (χ4v) is 3.52. The summed E-state index contributed by atoms with van der Waals surface area (Å²) in [5.74, 6) is 0. The smallest absolute Gasteiger partial charge is 0.316 e. The molecular weight excluding hydrogens is 275 g/mol. The standard InChI is InChI=1S/C17H24F3N/c1-16(9-4-3-5-10-16)15(21-2)12-13-7-6-8-14(11-13)17(18,19)20/h6-8,11,15,21H,3-5,9-10,12H2,1-2H3. The van der Waals surface area contributed by atoms with Crippen molar-refractivity contribution in [3.8, 4) is 0 Å². The van der Waals surface area contributed by atoms with Crippen LogP contribution in [0.15, 0.2) is 24.3 Å². The molecule has 0 spiro atoms. The highest BCUT2D eigenvalue weighted by molar-refractivity contribution is 5.26. The normalized spacial score (nSPS) is 20.2. The second kappa shape index (κ2) is 6.39. The second-order valence-corrected chi connectivity index (χ2v) is 6.46. The van der Waals surface area contributed by atoms with E-state index in [4.69, 9.17) is 0 Å². The van der Waals surface area contributed by atoms with Gasteiger partial charge in [-0.3, -0.25) is 0 Å². The predicted molar refractivity (Wildman–Crippen MR) is 79.2 cm³/mol. The zero-order chi connectivity index (χ0) is 15.5. The van der Waals surface area contributed by atoms with Crippen molar-refractivity contribution < 1.29 is 13.2 Å². The molecule has 1 atom stereocenters. The number of likely N-dealkylation sites (N-methyl/N-ethyl adjacent to an activating group) is 1. The van der Waals surface area contributed by atoms with E-state index in [0.717, 1.165) is 24.5 Å². The average molecular weight is 299 g/mol. The van der Waals surface area contributed by atoms with Crippen LogP contribution in [-0.2, 0) is 12.6 Å². The Morgan fingerprint density at radius 3 is 2.43 bits per heavy atom. The van der Waals surface area contributed by atoms with Crippen molar-refractivity contribution in [1.29, 1.82) is 0 Å². The molecular formula is C17H24F3N. The largest absolute Gasteiger partial charge is 0.416 e. The van der Waals surface area contributed by atoms with Gasteiger partial charge in [0, 0.05) is 6.04 Å². The summed E-state index contributed by atoms with van der Waals surface area (Å²) in [6.45, 7) is 2.26. The van der Waals surface area contributed by atoms with Crippen LogP contribution in [0, 0.1) is 5.41 Å². The number of hydrogen-bond donors (Lipinski definition) is 1. The highest BCUT2D eigenvalue weighted by Crippen LogP contribution is 2.40. The van der Waals surface area contributed by atoms with Crippen LogP contribution in [0.5, 0.6) is 0 Å². The molecule has 0 bridgehead atoms. The highest BCUT2D eigenvalue weighted by atomic mass is 19.4. The van der Waals surface area contributed by atoms with Crippen molar-refractivity contribution in [3.63, 3.8) is 0 Å². The SMILES string of the molecule is CNC(Cc1cccc(C(F)(F)F)c1)C1(C)CCCCC1. The maximum atomic E-state index is 12.8. The number of halogens is 3. The van der Waals surface area contributed by atoms with Crippen molar-refractivity contribution in [2.45, 2.75) is 57.7 Å². The monoisotopic (exact) mass is 299 g/mol. The van der Waals surface area contributed by atoms with Gasteiger partial charge in [-0.2, -0.15) is 13.2 Å². The molecule has 0 heterocycles. The van der Waals surface area contributed by atoms with Gasteiger partial charge in [0.1, 0.15) is 0 Å². The molecule has 0 saturated heterocycles. The molecule has 1 aliphatic carbocycles. The van der Waals surface area contributed by atoms with Crippen LogP contribution >= 0.6 is 0 Å². The van der Waals surface area contributed by atoms with Crippen LogP contribution in [0.4, 0.5) is 13.2 Å². The van der Waals surface area contributed by atoms with E-state index in [1.807, 2.05) is 7.05 Å².